The molecule has 0 unspecified atom stereocenters. The molecule has 2 aromatic carbocycles. The highest BCUT2D eigenvalue weighted by molar-refractivity contribution is 7.16. The first kappa shape index (κ1) is 21.1. The SMILES string of the molecule is Cc1c([C@@H](O)CNC(=O)c2cnc(-c3ccc4oc(=O)n(C)c4c3)s2)ccc2c1COC2=O. The summed E-state index contributed by atoms with van der Waals surface area (Å²) in [6.07, 6.45) is 0.538. The molecule has 5 rings (SSSR count). The van der Waals surface area contributed by atoms with Gasteiger partial charge >= 0.3 is 11.7 Å². The summed E-state index contributed by atoms with van der Waals surface area (Å²) in [5, 5.41) is 14.0. The number of ether oxygens (including phenoxy) is 1. The molecule has 1 aliphatic rings. The van der Waals surface area contributed by atoms with Gasteiger partial charge in [-0.15, -0.1) is 11.3 Å². The fourth-order valence-corrected chi connectivity index (χ4v) is 4.72. The first-order chi connectivity index (χ1) is 15.8. The number of aliphatic hydroxyl groups is 1. The predicted octanol–water partition coefficient (Wildman–Crippen LogP) is 2.70. The summed E-state index contributed by atoms with van der Waals surface area (Å²) in [7, 11) is 1.62. The van der Waals surface area contributed by atoms with Crippen LogP contribution in [-0.2, 0) is 18.4 Å². The van der Waals surface area contributed by atoms with Crippen molar-refractivity contribution in [2.45, 2.75) is 19.6 Å². The Hall–Kier alpha value is -3.76. The topological polar surface area (TPSA) is 124 Å². The number of thiazole rings is 1. The second-order valence-electron chi connectivity index (χ2n) is 7.75. The Morgan fingerprint density at radius 1 is 1.30 bits per heavy atom. The lowest BCUT2D eigenvalue weighted by molar-refractivity contribution is 0.0534. The first-order valence-electron chi connectivity index (χ1n) is 10.1. The zero-order valence-corrected chi connectivity index (χ0v) is 18.6. The molecule has 0 fully saturated rings. The highest BCUT2D eigenvalue weighted by Gasteiger charge is 2.26. The van der Waals surface area contributed by atoms with Crippen LogP contribution >= 0.6 is 11.3 Å². The van der Waals surface area contributed by atoms with E-state index in [4.69, 9.17) is 9.15 Å². The number of hydrogen-bond donors (Lipinski definition) is 2. The minimum absolute atomic E-state index is 0.00356. The van der Waals surface area contributed by atoms with Crippen molar-refractivity contribution in [2.75, 3.05) is 6.54 Å². The second-order valence-corrected chi connectivity index (χ2v) is 8.78. The van der Waals surface area contributed by atoms with Crippen LogP contribution in [0, 0.1) is 6.92 Å². The summed E-state index contributed by atoms with van der Waals surface area (Å²) in [4.78, 5) is 40.7. The van der Waals surface area contributed by atoms with Gasteiger partial charge in [0.05, 0.1) is 23.4 Å². The van der Waals surface area contributed by atoms with Crippen LogP contribution in [0.1, 0.15) is 42.8 Å². The molecule has 3 heterocycles. The van der Waals surface area contributed by atoms with Crippen LogP contribution in [0.5, 0.6) is 0 Å². The molecule has 0 spiro atoms. The molecule has 1 aliphatic heterocycles. The van der Waals surface area contributed by atoms with Crippen molar-refractivity contribution in [2.24, 2.45) is 7.05 Å². The number of cyclic esters (lactones) is 1. The highest BCUT2D eigenvalue weighted by atomic mass is 32.1. The molecule has 9 nitrogen and oxygen atoms in total. The van der Waals surface area contributed by atoms with Gasteiger partial charge in [-0.1, -0.05) is 6.07 Å². The van der Waals surface area contributed by atoms with Crippen molar-refractivity contribution in [1.82, 2.24) is 14.9 Å². The number of aromatic nitrogens is 2. The summed E-state index contributed by atoms with van der Waals surface area (Å²) in [6.45, 7) is 2.02. The van der Waals surface area contributed by atoms with Crippen molar-refractivity contribution < 1.29 is 23.8 Å². The lowest BCUT2D eigenvalue weighted by Crippen LogP contribution is -2.28. The van der Waals surface area contributed by atoms with E-state index in [1.165, 1.54) is 22.1 Å². The van der Waals surface area contributed by atoms with Gasteiger partial charge in [-0.2, -0.15) is 0 Å². The van der Waals surface area contributed by atoms with Crippen molar-refractivity contribution in [1.29, 1.82) is 0 Å². The van der Waals surface area contributed by atoms with Crippen molar-refractivity contribution in [3.05, 3.63) is 74.2 Å². The summed E-state index contributed by atoms with van der Waals surface area (Å²) in [5.41, 5.74) is 4.57. The fourth-order valence-electron chi connectivity index (χ4n) is 3.89. The average Bonchev–Trinajstić information content (AvgIpc) is 3.51. The fraction of sp³-hybridized carbons (Fsp3) is 0.217. The molecule has 2 aromatic heterocycles. The molecule has 33 heavy (non-hydrogen) atoms. The van der Waals surface area contributed by atoms with Gasteiger partial charge in [0.2, 0.25) is 0 Å². The van der Waals surface area contributed by atoms with Crippen LogP contribution in [0.2, 0.25) is 0 Å². The molecular formula is C23H19N3O6S. The molecule has 4 aromatic rings. The number of benzene rings is 2. The molecular weight excluding hydrogens is 446 g/mol. The van der Waals surface area contributed by atoms with E-state index in [-0.39, 0.29) is 25.0 Å². The van der Waals surface area contributed by atoms with Crippen molar-refractivity contribution >= 4 is 34.3 Å². The average molecular weight is 465 g/mol. The van der Waals surface area contributed by atoms with Crippen molar-refractivity contribution in [3.63, 3.8) is 0 Å². The van der Waals surface area contributed by atoms with E-state index < -0.39 is 11.9 Å². The molecule has 168 valence electrons. The van der Waals surface area contributed by atoms with Crippen LogP contribution in [0.25, 0.3) is 21.7 Å². The van der Waals surface area contributed by atoms with E-state index >= 15 is 0 Å². The number of fused-ring (bicyclic) bond motifs is 2. The Balaban J connectivity index is 1.29. The molecule has 0 saturated carbocycles. The van der Waals surface area contributed by atoms with Gasteiger partial charge in [0.15, 0.2) is 5.58 Å². The third-order valence-electron chi connectivity index (χ3n) is 5.79. The number of carbonyl (C=O) groups is 2. The van der Waals surface area contributed by atoms with Crippen LogP contribution < -0.4 is 11.1 Å². The molecule has 0 radical (unpaired) electrons. The van der Waals surface area contributed by atoms with Gasteiger partial charge in [0.25, 0.3) is 5.91 Å². The van der Waals surface area contributed by atoms with E-state index in [0.717, 1.165) is 16.7 Å². The molecule has 0 bridgehead atoms. The lowest BCUT2D eigenvalue weighted by atomic mass is 9.95. The summed E-state index contributed by atoms with van der Waals surface area (Å²) in [5.74, 6) is -1.16. The maximum absolute atomic E-state index is 12.6. The summed E-state index contributed by atoms with van der Waals surface area (Å²) >= 11 is 1.21. The predicted molar refractivity (Wildman–Crippen MR) is 120 cm³/mol. The third kappa shape index (κ3) is 3.62. The van der Waals surface area contributed by atoms with Gasteiger partial charge in [-0.25, -0.2) is 14.6 Å². The second kappa shape index (κ2) is 7.98. The Morgan fingerprint density at radius 2 is 2.12 bits per heavy atom. The number of carbonyl (C=O) groups excluding carboxylic acids is 2. The van der Waals surface area contributed by atoms with Gasteiger partial charge in [-0.3, -0.25) is 9.36 Å². The zero-order chi connectivity index (χ0) is 23.3. The van der Waals surface area contributed by atoms with Crippen LogP contribution in [-0.4, -0.2) is 33.1 Å². The number of amides is 1. The zero-order valence-electron chi connectivity index (χ0n) is 17.7. The molecule has 0 saturated heterocycles. The van der Waals surface area contributed by atoms with Crippen molar-refractivity contribution in [3.8, 4) is 10.6 Å². The van der Waals surface area contributed by atoms with E-state index in [1.54, 1.807) is 37.4 Å². The number of oxazole rings is 1. The Kier molecular flexibility index (Phi) is 5.10. The maximum atomic E-state index is 12.6. The molecule has 1 amide bonds. The van der Waals surface area contributed by atoms with Crippen LogP contribution in [0.4, 0.5) is 0 Å². The third-order valence-corrected chi connectivity index (χ3v) is 6.84. The standard InChI is InChI=1S/C23H19N3O6S/c1-11-13(4-5-14-15(11)10-31-22(14)29)17(27)8-24-20(28)19-9-25-21(33-19)12-3-6-18-16(7-12)26(2)23(30)32-18/h3-7,9,17,27H,8,10H2,1-2H3,(H,24,28)/t17-/m0/s1. The van der Waals surface area contributed by atoms with E-state index in [2.05, 4.69) is 10.3 Å². The number of nitrogens with zero attached hydrogens (tertiary/aromatic N) is 2. The van der Waals surface area contributed by atoms with E-state index in [1.807, 2.05) is 6.92 Å². The smallest absolute Gasteiger partial charge is 0.419 e. The van der Waals surface area contributed by atoms with Gasteiger partial charge in [0, 0.05) is 24.7 Å². The Morgan fingerprint density at radius 3 is 2.94 bits per heavy atom. The van der Waals surface area contributed by atoms with Crippen LogP contribution in [0.15, 0.2) is 45.7 Å². The van der Waals surface area contributed by atoms with Crippen LogP contribution in [0.3, 0.4) is 0 Å². The largest absolute Gasteiger partial charge is 0.457 e. The normalized spacial score (nSPS) is 13.7. The minimum Gasteiger partial charge on any atom is -0.457 e. The number of nitrogens with one attached hydrogen (secondary N) is 1. The molecule has 0 aliphatic carbocycles. The van der Waals surface area contributed by atoms with Gasteiger partial charge in [-0.05, 0) is 42.3 Å². The monoisotopic (exact) mass is 465 g/mol. The Labute approximate surface area is 191 Å². The molecule has 1 atom stereocenters. The number of rotatable bonds is 5. The Bertz CT molecular complexity index is 1480. The van der Waals surface area contributed by atoms with E-state index in [0.29, 0.717) is 32.1 Å². The van der Waals surface area contributed by atoms with Gasteiger partial charge in [0.1, 0.15) is 16.5 Å². The number of esters is 1. The quantitative estimate of drug-likeness (QED) is 0.434. The number of hydrogen-bond acceptors (Lipinski definition) is 8. The summed E-state index contributed by atoms with van der Waals surface area (Å²) < 4.78 is 11.6. The maximum Gasteiger partial charge on any atom is 0.419 e. The highest BCUT2D eigenvalue weighted by Crippen LogP contribution is 2.30. The van der Waals surface area contributed by atoms with E-state index in [9.17, 15) is 19.5 Å². The first-order valence-corrected chi connectivity index (χ1v) is 11.0. The number of aliphatic hydroxyl groups excluding tert-OH is 1. The summed E-state index contributed by atoms with van der Waals surface area (Å²) in [6, 6.07) is 8.58. The minimum atomic E-state index is -0.938. The lowest BCUT2D eigenvalue weighted by Gasteiger charge is -2.16. The molecule has 2 N–H and O–H groups in total. The molecule has 10 heteroatoms. The van der Waals surface area contributed by atoms with Gasteiger partial charge < -0.3 is 19.6 Å². The number of aryl methyl sites for hydroxylation is 1.